The molecule has 0 saturated heterocycles. The molecule has 0 radical (unpaired) electrons. The van der Waals surface area contributed by atoms with Gasteiger partial charge < -0.3 is 5.32 Å². The van der Waals surface area contributed by atoms with Gasteiger partial charge in [0.05, 0.1) is 6.20 Å². The molecule has 1 aliphatic rings. The number of anilines is 1. The Morgan fingerprint density at radius 3 is 2.92 bits per heavy atom. The van der Waals surface area contributed by atoms with Gasteiger partial charge in [-0.15, -0.1) is 0 Å². The maximum atomic E-state index is 4.16. The Balaban J connectivity index is 1.86. The standard InChI is InChI=1S/C9H13N3S/c1-13-9(2-3-9)7-12-8-6-10-4-5-11-8/h4-6H,2-3,7H2,1H3,(H,11,12). The molecule has 13 heavy (non-hydrogen) atoms. The van der Waals surface area contributed by atoms with E-state index in [4.69, 9.17) is 0 Å². The first-order valence-electron chi connectivity index (χ1n) is 4.40. The van der Waals surface area contributed by atoms with Crippen LogP contribution in [-0.2, 0) is 0 Å². The van der Waals surface area contributed by atoms with Crippen LogP contribution in [0.1, 0.15) is 12.8 Å². The van der Waals surface area contributed by atoms with Gasteiger partial charge in [-0.2, -0.15) is 11.8 Å². The molecule has 1 aromatic heterocycles. The molecule has 3 nitrogen and oxygen atoms in total. The van der Waals surface area contributed by atoms with Crippen molar-refractivity contribution >= 4 is 17.6 Å². The van der Waals surface area contributed by atoms with E-state index in [2.05, 4.69) is 21.5 Å². The van der Waals surface area contributed by atoms with Crippen molar-refractivity contribution in [3.63, 3.8) is 0 Å². The molecular weight excluding hydrogens is 182 g/mol. The summed E-state index contributed by atoms with van der Waals surface area (Å²) in [6.45, 7) is 1.01. The molecular formula is C9H13N3S. The van der Waals surface area contributed by atoms with E-state index in [1.54, 1.807) is 18.6 Å². The average molecular weight is 195 g/mol. The predicted molar refractivity (Wildman–Crippen MR) is 56.0 cm³/mol. The minimum atomic E-state index is 0.484. The second kappa shape index (κ2) is 3.54. The highest BCUT2D eigenvalue weighted by molar-refractivity contribution is 8.00. The molecule has 70 valence electrons. The third kappa shape index (κ3) is 2.12. The predicted octanol–water partition coefficient (Wildman–Crippen LogP) is 1.78. The summed E-state index contributed by atoms with van der Waals surface area (Å²) in [7, 11) is 0. The summed E-state index contributed by atoms with van der Waals surface area (Å²) in [5.74, 6) is 0.878. The van der Waals surface area contributed by atoms with Gasteiger partial charge in [0.2, 0.25) is 0 Å². The van der Waals surface area contributed by atoms with Crippen LogP contribution in [0.3, 0.4) is 0 Å². The molecule has 1 N–H and O–H groups in total. The molecule has 0 spiro atoms. The highest BCUT2D eigenvalue weighted by atomic mass is 32.2. The van der Waals surface area contributed by atoms with Gasteiger partial charge in [0.1, 0.15) is 5.82 Å². The number of hydrogen-bond donors (Lipinski definition) is 1. The van der Waals surface area contributed by atoms with E-state index >= 15 is 0 Å². The molecule has 1 aliphatic carbocycles. The molecule has 4 heteroatoms. The van der Waals surface area contributed by atoms with E-state index < -0.39 is 0 Å². The SMILES string of the molecule is CSC1(CNc2cnccn2)CC1. The second-order valence-electron chi connectivity index (χ2n) is 3.33. The van der Waals surface area contributed by atoms with Crippen molar-refractivity contribution < 1.29 is 0 Å². The van der Waals surface area contributed by atoms with Crippen molar-refractivity contribution in [1.82, 2.24) is 9.97 Å². The van der Waals surface area contributed by atoms with Crippen molar-refractivity contribution in [2.24, 2.45) is 0 Å². The summed E-state index contributed by atoms with van der Waals surface area (Å²) in [6.07, 6.45) is 9.97. The molecule has 0 bridgehead atoms. The van der Waals surface area contributed by atoms with Crippen LogP contribution in [0.4, 0.5) is 5.82 Å². The minimum Gasteiger partial charge on any atom is -0.367 e. The fourth-order valence-corrected chi connectivity index (χ4v) is 1.96. The Morgan fingerprint density at radius 1 is 1.54 bits per heavy atom. The zero-order valence-corrected chi connectivity index (χ0v) is 8.47. The third-order valence-corrected chi connectivity index (χ3v) is 3.81. The lowest BCUT2D eigenvalue weighted by Gasteiger charge is -2.12. The van der Waals surface area contributed by atoms with Gasteiger partial charge in [0.25, 0.3) is 0 Å². The monoisotopic (exact) mass is 195 g/mol. The first kappa shape index (κ1) is 8.81. The van der Waals surface area contributed by atoms with Crippen molar-refractivity contribution in [3.05, 3.63) is 18.6 Å². The van der Waals surface area contributed by atoms with Gasteiger partial charge in [0, 0.05) is 23.7 Å². The number of aromatic nitrogens is 2. The highest BCUT2D eigenvalue weighted by Crippen LogP contribution is 2.46. The van der Waals surface area contributed by atoms with Crippen LogP contribution < -0.4 is 5.32 Å². The third-order valence-electron chi connectivity index (χ3n) is 2.40. The molecule has 0 unspecified atom stereocenters. The fourth-order valence-electron chi connectivity index (χ4n) is 1.23. The largest absolute Gasteiger partial charge is 0.367 e. The number of thioether (sulfide) groups is 1. The summed E-state index contributed by atoms with van der Waals surface area (Å²) in [4.78, 5) is 8.16. The van der Waals surface area contributed by atoms with E-state index in [-0.39, 0.29) is 0 Å². The van der Waals surface area contributed by atoms with E-state index in [1.165, 1.54) is 12.8 Å². The normalized spacial score (nSPS) is 18.2. The van der Waals surface area contributed by atoms with Crippen molar-refractivity contribution in [1.29, 1.82) is 0 Å². The lowest BCUT2D eigenvalue weighted by Crippen LogP contribution is -2.17. The van der Waals surface area contributed by atoms with Crippen LogP contribution in [0.25, 0.3) is 0 Å². The maximum Gasteiger partial charge on any atom is 0.144 e. The molecule has 2 rings (SSSR count). The van der Waals surface area contributed by atoms with Gasteiger partial charge in [-0.25, -0.2) is 4.98 Å². The van der Waals surface area contributed by atoms with Crippen LogP contribution in [0, 0.1) is 0 Å². The van der Waals surface area contributed by atoms with E-state index in [0.29, 0.717) is 4.75 Å². The summed E-state index contributed by atoms with van der Waals surface area (Å²) in [5.41, 5.74) is 0. The molecule has 1 fully saturated rings. The van der Waals surface area contributed by atoms with Crippen molar-refractivity contribution in [3.8, 4) is 0 Å². The second-order valence-corrected chi connectivity index (χ2v) is 4.61. The van der Waals surface area contributed by atoms with Gasteiger partial charge in [-0.1, -0.05) is 0 Å². The van der Waals surface area contributed by atoms with Crippen LogP contribution in [0.5, 0.6) is 0 Å². The van der Waals surface area contributed by atoms with Crippen LogP contribution in [-0.4, -0.2) is 27.5 Å². The Morgan fingerprint density at radius 2 is 2.38 bits per heavy atom. The topological polar surface area (TPSA) is 37.8 Å². The van der Waals surface area contributed by atoms with Gasteiger partial charge in [0.15, 0.2) is 0 Å². The average Bonchev–Trinajstić information content (AvgIpc) is 2.97. The van der Waals surface area contributed by atoms with E-state index in [9.17, 15) is 0 Å². The molecule has 1 heterocycles. The highest BCUT2D eigenvalue weighted by Gasteiger charge is 2.41. The summed E-state index contributed by atoms with van der Waals surface area (Å²) in [6, 6.07) is 0. The molecule has 0 amide bonds. The van der Waals surface area contributed by atoms with Crippen molar-refractivity contribution in [2.45, 2.75) is 17.6 Å². The lowest BCUT2D eigenvalue weighted by molar-refractivity contribution is 0.937. The van der Waals surface area contributed by atoms with Crippen LogP contribution in [0.15, 0.2) is 18.6 Å². The zero-order valence-electron chi connectivity index (χ0n) is 7.66. The maximum absolute atomic E-state index is 4.16. The quantitative estimate of drug-likeness (QED) is 0.794. The molecule has 1 saturated carbocycles. The minimum absolute atomic E-state index is 0.484. The number of nitrogens with zero attached hydrogens (tertiary/aromatic N) is 2. The molecule has 1 aromatic rings. The first-order valence-corrected chi connectivity index (χ1v) is 5.62. The Labute approximate surface area is 82.4 Å². The Hall–Kier alpha value is -0.770. The van der Waals surface area contributed by atoms with Gasteiger partial charge in [-0.05, 0) is 19.1 Å². The van der Waals surface area contributed by atoms with Crippen molar-refractivity contribution in [2.75, 3.05) is 18.1 Å². The van der Waals surface area contributed by atoms with E-state index in [1.807, 2.05) is 11.8 Å². The lowest BCUT2D eigenvalue weighted by atomic mass is 10.4. The molecule has 0 atom stereocenters. The van der Waals surface area contributed by atoms with Gasteiger partial charge in [-0.3, -0.25) is 4.98 Å². The smallest absolute Gasteiger partial charge is 0.144 e. The van der Waals surface area contributed by atoms with E-state index in [0.717, 1.165) is 12.4 Å². The zero-order chi connectivity index (χ0) is 9.15. The van der Waals surface area contributed by atoms with Crippen LogP contribution in [0.2, 0.25) is 0 Å². The number of hydrogen-bond acceptors (Lipinski definition) is 4. The summed E-state index contributed by atoms with van der Waals surface area (Å²) < 4.78 is 0.484. The number of rotatable bonds is 4. The Kier molecular flexibility index (Phi) is 2.40. The Bertz CT molecular complexity index is 271. The first-order chi connectivity index (χ1) is 6.35. The summed E-state index contributed by atoms with van der Waals surface area (Å²) >= 11 is 1.95. The van der Waals surface area contributed by atoms with Crippen LogP contribution >= 0.6 is 11.8 Å². The molecule has 0 aliphatic heterocycles. The van der Waals surface area contributed by atoms with Gasteiger partial charge >= 0.3 is 0 Å². The summed E-state index contributed by atoms with van der Waals surface area (Å²) in [5, 5.41) is 3.30. The number of nitrogens with one attached hydrogen (secondary N) is 1. The molecule has 0 aromatic carbocycles. The fraction of sp³-hybridized carbons (Fsp3) is 0.556.